The Kier molecular flexibility index (Phi) is 4.18. The zero-order valence-electron chi connectivity index (χ0n) is 9.75. The molecule has 94 valence electrons. The van der Waals surface area contributed by atoms with Gasteiger partial charge in [0.1, 0.15) is 0 Å². The molecule has 0 radical (unpaired) electrons. The summed E-state index contributed by atoms with van der Waals surface area (Å²) in [6.07, 6.45) is 0. The van der Waals surface area contributed by atoms with Crippen molar-refractivity contribution in [1.29, 1.82) is 0 Å². The van der Waals surface area contributed by atoms with E-state index in [0.717, 1.165) is 16.7 Å². The van der Waals surface area contributed by atoms with Crippen LogP contribution in [0.15, 0.2) is 36.4 Å². The molecule has 0 fully saturated rings. The third kappa shape index (κ3) is 2.81. The lowest BCUT2D eigenvalue weighted by Gasteiger charge is -2.11. The van der Waals surface area contributed by atoms with Crippen molar-refractivity contribution in [2.45, 2.75) is 13.0 Å². The first-order valence-corrected chi connectivity index (χ1v) is 6.63. The summed E-state index contributed by atoms with van der Waals surface area (Å²) in [5.41, 5.74) is 8.63. The Bertz CT molecular complexity index is 556. The Morgan fingerprint density at radius 1 is 1.00 bits per heavy atom. The topological polar surface area (TPSA) is 26.0 Å². The van der Waals surface area contributed by atoms with Gasteiger partial charge < -0.3 is 5.73 Å². The van der Waals surface area contributed by atoms with Crippen molar-refractivity contribution in [3.63, 3.8) is 0 Å². The molecule has 0 bridgehead atoms. The van der Waals surface area contributed by atoms with Gasteiger partial charge in [-0.25, -0.2) is 0 Å². The number of rotatable bonds is 2. The minimum absolute atomic E-state index is 0.0326. The van der Waals surface area contributed by atoms with Crippen molar-refractivity contribution in [3.05, 3.63) is 57.0 Å². The molecule has 1 atom stereocenters. The summed E-state index contributed by atoms with van der Waals surface area (Å²) in [4.78, 5) is 0. The molecular formula is C14H12Cl3N. The molecule has 4 heteroatoms. The van der Waals surface area contributed by atoms with E-state index in [9.17, 15) is 0 Å². The maximum absolute atomic E-state index is 6.20. The average molecular weight is 301 g/mol. The highest BCUT2D eigenvalue weighted by Crippen LogP contribution is 2.37. The predicted octanol–water partition coefficient (Wildman–Crippen LogP) is 5.33. The van der Waals surface area contributed by atoms with Crippen molar-refractivity contribution < 1.29 is 0 Å². The molecule has 18 heavy (non-hydrogen) atoms. The van der Waals surface area contributed by atoms with Crippen molar-refractivity contribution in [3.8, 4) is 11.1 Å². The summed E-state index contributed by atoms with van der Waals surface area (Å²) in [6, 6.07) is 11.2. The molecular weight excluding hydrogens is 289 g/mol. The molecule has 1 nitrogen and oxygen atoms in total. The SMILES string of the molecule is CC(N)c1cccc(-c2c(Cl)cc(Cl)cc2Cl)c1. The van der Waals surface area contributed by atoms with Gasteiger partial charge in [-0.2, -0.15) is 0 Å². The second-order valence-electron chi connectivity index (χ2n) is 4.16. The molecule has 0 aliphatic rings. The van der Waals surface area contributed by atoms with Crippen LogP contribution in [0.2, 0.25) is 15.1 Å². The van der Waals surface area contributed by atoms with Crippen LogP contribution in [0.5, 0.6) is 0 Å². The predicted molar refractivity (Wildman–Crippen MR) is 79.5 cm³/mol. The van der Waals surface area contributed by atoms with Gasteiger partial charge in [0.2, 0.25) is 0 Å². The van der Waals surface area contributed by atoms with Gasteiger partial charge in [-0.05, 0) is 36.2 Å². The molecule has 2 rings (SSSR count). The van der Waals surface area contributed by atoms with Crippen molar-refractivity contribution in [2.24, 2.45) is 5.73 Å². The summed E-state index contributed by atoms with van der Waals surface area (Å²) in [7, 11) is 0. The summed E-state index contributed by atoms with van der Waals surface area (Å²) in [6.45, 7) is 1.93. The Morgan fingerprint density at radius 3 is 2.17 bits per heavy atom. The van der Waals surface area contributed by atoms with Crippen LogP contribution in [0.4, 0.5) is 0 Å². The first-order valence-electron chi connectivity index (χ1n) is 5.49. The van der Waals surface area contributed by atoms with E-state index in [-0.39, 0.29) is 6.04 Å². The zero-order valence-corrected chi connectivity index (χ0v) is 12.0. The molecule has 2 aromatic carbocycles. The van der Waals surface area contributed by atoms with Crippen LogP contribution in [0.25, 0.3) is 11.1 Å². The standard InChI is InChI=1S/C14H12Cl3N/c1-8(18)9-3-2-4-10(5-9)14-12(16)6-11(15)7-13(14)17/h2-8H,18H2,1H3. The van der Waals surface area contributed by atoms with E-state index < -0.39 is 0 Å². The highest BCUT2D eigenvalue weighted by atomic mass is 35.5. The zero-order chi connectivity index (χ0) is 13.3. The van der Waals surface area contributed by atoms with Crippen molar-refractivity contribution in [2.75, 3.05) is 0 Å². The first kappa shape index (κ1) is 13.7. The van der Waals surface area contributed by atoms with Gasteiger partial charge >= 0.3 is 0 Å². The molecule has 0 aliphatic heterocycles. The van der Waals surface area contributed by atoms with E-state index in [2.05, 4.69) is 0 Å². The first-order chi connectivity index (χ1) is 8.49. The number of hydrogen-bond acceptors (Lipinski definition) is 1. The molecule has 0 aliphatic carbocycles. The normalized spacial score (nSPS) is 12.5. The van der Waals surface area contributed by atoms with E-state index in [1.54, 1.807) is 12.1 Å². The average Bonchev–Trinajstić information content (AvgIpc) is 2.28. The van der Waals surface area contributed by atoms with Crippen LogP contribution in [0.1, 0.15) is 18.5 Å². The van der Waals surface area contributed by atoms with E-state index in [0.29, 0.717) is 15.1 Å². The largest absolute Gasteiger partial charge is 0.324 e. The van der Waals surface area contributed by atoms with Gasteiger partial charge in [0, 0.05) is 16.6 Å². The molecule has 0 saturated carbocycles. The summed E-state index contributed by atoms with van der Waals surface area (Å²) in [5, 5.41) is 1.60. The molecule has 0 saturated heterocycles. The number of benzene rings is 2. The van der Waals surface area contributed by atoms with Crippen LogP contribution in [-0.4, -0.2) is 0 Å². The fourth-order valence-electron chi connectivity index (χ4n) is 1.80. The fraction of sp³-hybridized carbons (Fsp3) is 0.143. The summed E-state index contributed by atoms with van der Waals surface area (Å²) < 4.78 is 0. The lowest BCUT2D eigenvalue weighted by atomic mass is 10.0. The third-order valence-corrected chi connectivity index (χ3v) is 3.52. The summed E-state index contributed by atoms with van der Waals surface area (Å²) in [5.74, 6) is 0. The van der Waals surface area contributed by atoms with Gasteiger partial charge in [-0.1, -0.05) is 53.0 Å². The Labute approximate surface area is 121 Å². The summed E-state index contributed by atoms with van der Waals surface area (Å²) >= 11 is 18.3. The van der Waals surface area contributed by atoms with Gasteiger partial charge in [-0.15, -0.1) is 0 Å². The molecule has 0 amide bonds. The number of halogens is 3. The lowest BCUT2D eigenvalue weighted by molar-refractivity contribution is 0.819. The molecule has 0 spiro atoms. The van der Waals surface area contributed by atoms with Crippen molar-refractivity contribution in [1.82, 2.24) is 0 Å². The molecule has 1 unspecified atom stereocenters. The van der Waals surface area contributed by atoms with E-state index in [4.69, 9.17) is 40.5 Å². The highest BCUT2D eigenvalue weighted by Gasteiger charge is 2.11. The second-order valence-corrected chi connectivity index (χ2v) is 5.41. The van der Waals surface area contributed by atoms with Gasteiger partial charge in [0.15, 0.2) is 0 Å². The molecule has 2 aromatic rings. The van der Waals surface area contributed by atoms with Crippen LogP contribution in [0, 0.1) is 0 Å². The Hall–Kier alpha value is -0.730. The molecule has 2 N–H and O–H groups in total. The maximum atomic E-state index is 6.20. The van der Waals surface area contributed by atoms with E-state index >= 15 is 0 Å². The molecule has 0 aromatic heterocycles. The van der Waals surface area contributed by atoms with Crippen LogP contribution >= 0.6 is 34.8 Å². The smallest absolute Gasteiger partial charge is 0.0514 e. The second kappa shape index (κ2) is 5.50. The van der Waals surface area contributed by atoms with Gasteiger partial charge in [0.05, 0.1) is 10.0 Å². The van der Waals surface area contributed by atoms with E-state index in [1.165, 1.54) is 0 Å². The highest BCUT2D eigenvalue weighted by molar-refractivity contribution is 6.41. The van der Waals surface area contributed by atoms with Crippen LogP contribution < -0.4 is 5.73 Å². The lowest BCUT2D eigenvalue weighted by Crippen LogP contribution is -2.04. The monoisotopic (exact) mass is 299 g/mol. The van der Waals surface area contributed by atoms with Gasteiger partial charge in [-0.3, -0.25) is 0 Å². The number of hydrogen-bond donors (Lipinski definition) is 1. The molecule has 0 heterocycles. The van der Waals surface area contributed by atoms with Crippen LogP contribution in [0.3, 0.4) is 0 Å². The van der Waals surface area contributed by atoms with E-state index in [1.807, 2.05) is 31.2 Å². The van der Waals surface area contributed by atoms with Crippen LogP contribution in [-0.2, 0) is 0 Å². The Morgan fingerprint density at radius 2 is 1.61 bits per heavy atom. The number of nitrogens with two attached hydrogens (primary N) is 1. The third-order valence-electron chi connectivity index (χ3n) is 2.71. The van der Waals surface area contributed by atoms with Crippen molar-refractivity contribution >= 4 is 34.8 Å². The van der Waals surface area contributed by atoms with Gasteiger partial charge in [0.25, 0.3) is 0 Å². The minimum Gasteiger partial charge on any atom is -0.324 e. The fourth-order valence-corrected chi connectivity index (χ4v) is 2.83. The maximum Gasteiger partial charge on any atom is 0.0514 e. The minimum atomic E-state index is -0.0326. The Balaban J connectivity index is 2.59. The quantitative estimate of drug-likeness (QED) is 0.796.